The summed E-state index contributed by atoms with van der Waals surface area (Å²) in [6, 6.07) is 17.2. The Bertz CT molecular complexity index is 1310. The van der Waals surface area contributed by atoms with Gasteiger partial charge in [0.05, 0.1) is 17.1 Å². The Morgan fingerprint density at radius 1 is 1.06 bits per heavy atom. The number of hydrogen-bond acceptors (Lipinski definition) is 6. The van der Waals surface area contributed by atoms with E-state index in [-0.39, 0.29) is 23.6 Å². The van der Waals surface area contributed by atoms with E-state index in [4.69, 9.17) is 0 Å². The minimum atomic E-state index is -0.263. The number of benzene rings is 2. The zero-order chi connectivity index (χ0) is 22.7. The number of carbonyl (C=O) groups is 1. The second kappa shape index (κ2) is 9.23. The molecule has 1 amide bonds. The number of aromatic nitrogens is 6. The second-order valence-corrected chi connectivity index (χ2v) is 8.36. The highest BCUT2D eigenvalue weighted by atomic mass is 32.2. The van der Waals surface area contributed by atoms with Gasteiger partial charge in [0.25, 0.3) is 5.56 Å². The molecule has 164 valence electrons. The van der Waals surface area contributed by atoms with Crippen LogP contribution in [0.4, 0.5) is 5.69 Å². The largest absolute Gasteiger partial charge is 0.320 e. The number of para-hydroxylation sites is 1. The summed E-state index contributed by atoms with van der Waals surface area (Å²) in [7, 11) is 1.79. The summed E-state index contributed by atoms with van der Waals surface area (Å²) < 4.78 is 4.92. The number of aryl methyl sites for hydroxylation is 1. The molecule has 0 atom stereocenters. The van der Waals surface area contributed by atoms with Gasteiger partial charge in [0.15, 0.2) is 0 Å². The SMILES string of the molecule is Cc1cccc(-n2nnnc2SCCC(=O)Nc2c(C)n(C)n(-c3ccccc3)c2=O)c1. The number of nitrogens with one attached hydrogen (secondary N) is 1. The Labute approximate surface area is 189 Å². The summed E-state index contributed by atoms with van der Waals surface area (Å²) in [5, 5.41) is 15.2. The van der Waals surface area contributed by atoms with Gasteiger partial charge in [-0.05, 0) is 54.1 Å². The Balaban J connectivity index is 1.42. The highest BCUT2D eigenvalue weighted by Gasteiger charge is 2.18. The summed E-state index contributed by atoms with van der Waals surface area (Å²) in [5.74, 6) is 0.231. The van der Waals surface area contributed by atoms with Gasteiger partial charge in [-0.3, -0.25) is 14.3 Å². The lowest BCUT2D eigenvalue weighted by atomic mass is 10.2. The molecule has 0 saturated heterocycles. The van der Waals surface area contributed by atoms with Crippen molar-refractivity contribution in [2.24, 2.45) is 7.05 Å². The van der Waals surface area contributed by atoms with Crippen LogP contribution in [0.2, 0.25) is 0 Å². The monoisotopic (exact) mass is 449 g/mol. The highest BCUT2D eigenvalue weighted by molar-refractivity contribution is 7.99. The van der Waals surface area contributed by atoms with E-state index in [0.717, 1.165) is 16.9 Å². The van der Waals surface area contributed by atoms with E-state index in [9.17, 15) is 9.59 Å². The van der Waals surface area contributed by atoms with E-state index in [1.807, 2.05) is 61.5 Å². The third-order valence-electron chi connectivity index (χ3n) is 5.07. The molecule has 10 heteroatoms. The highest BCUT2D eigenvalue weighted by Crippen LogP contribution is 2.20. The summed E-state index contributed by atoms with van der Waals surface area (Å²) in [6.07, 6.45) is 0.213. The molecule has 32 heavy (non-hydrogen) atoms. The first-order valence-corrected chi connectivity index (χ1v) is 11.1. The fraction of sp³-hybridized carbons (Fsp3) is 0.227. The first-order chi connectivity index (χ1) is 15.5. The molecule has 4 aromatic rings. The minimum Gasteiger partial charge on any atom is -0.320 e. The van der Waals surface area contributed by atoms with Gasteiger partial charge in [0.1, 0.15) is 5.69 Å². The predicted octanol–water partition coefficient (Wildman–Crippen LogP) is 2.89. The Hall–Kier alpha value is -3.66. The molecule has 0 saturated carbocycles. The van der Waals surface area contributed by atoms with Crippen molar-refractivity contribution >= 4 is 23.4 Å². The van der Waals surface area contributed by atoms with Crippen LogP contribution >= 0.6 is 11.8 Å². The molecular formula is C22H23N7O2S. The topological polar surface area (TPSA) is 99.6 Å². The second-order valence-electron chi connectivity index (χ2n) is 7.30. The standard InChI is InChI=1S/C22H23N7O2S/c1-15-8-7-11-18(14-15)28-22(24-25-26-28)32-13-12-19(30)23-20-16(2)27(3)29(21(20)31)17-9-5-4-6-10-17/h4-11,14H,12-13H2,1-3H3,(H,23,30). The van der Waals surface area contributed by atoms with Crippen molar-refractivity contribution in [2.45, 2.75) is 25.4 Å². The van der Waals surface area contributed by atoms with Crippen molar-refractivity contribution in [3.05, 3.63) is 76.2 Å². The van der Waals surface area contributed by atoms with E-state index >= 15 is 0 Å². The van der Waals surface area contributed by atoms with Crippen LogP contribution in [0, 0.1) is 13.8 Å². The normalized spacial score (nSPS) is 11.0. The number of anilines is 1. The van der Waals surface area contributed by atoms with Gasteiger partial charge in [-0.2, -0.15) is 4.68 Å². The molecule has 0 bridgehead atoms. The average Bonchev–Trinajstić information content (AvgIpc) is 3.33. The van der Waals surface area contributed by atoms with Gasteiger partial charge in [-0.1, -0.05) is 42.1 Å². The zero-order valence-corrected chi connectivity index (χ0v) is 18.8. The van der Waals surface area contributed by atoms with Crippen molar-refractivity contribution in [2.75, 3.05) is 11.1 Å². The van der Waals surface area contributed by atoms with Gasteiger partial charge < -0.3 is 5.32 Å². The molecule has 0 radical (unpaired) electrons. The molecule has 1 N–H and O–H groups in total. The molecule has 0 unspecified atom stereocenters. The van der Waals surface area contributed by atoms with Crippen molar-refractivity contribution < 1.29 is 4.79 Å². The fourth-order valence-electron chi connectivity index (χ4n) is 3.34. The maximum absolute atomic E-state index is 12.9. The van der Waals surface area contributed by atoms with Crippen LogP contribution in [0.3, 0.4) is 0 Å². The lowest BCUT2D eigenvalue weighted by Gasteiger charge is -2.07. The third-order valence-corrected chi connectivity index (χ3v) is 5.99. The molecule has 0 spiro atoms. The smallest absolute Gasteiger partial charge is 0.295 e. The van der Waals surface area contributed by atoms with E-state index in [1.54, 1.807) is 23.3 Å². The molecule has 2 aromatic carbocycles. The maximum atomic E-state index is 12.9. The lowest BCUT2D eigenvalue weighted by molar-refractivity contribution is -0.115. The Kier molecular flexibility index (Phi) is 6.22. The number of hydrogen-bond donors (Lipinski definition) is 1. The van der Waals surface area contributed by atoms with Crippen LogP contribution in [0.25, 0.3) is 11.4 Å². The summed E-state index contributed by atoms with van der Waals surface area (Å²) in [4.78, 5) is 25.5. The minimum absolute atomic E-state index is 0.213. The number of tetrazole rings is 1. The average molecular weight is 450 g/mol. The third kappa shape index (κ3) is 4.35. The summed E-state index contributed by atoms with van der Waals surface area (Å²) in [6.45, 7) is 3.81. The van der Waals surface area contributed by atoms with Crippen molar-refractivity contribution in [3.8, 4) is 11.4 Å². The first-order valence-electron chi connectivity index (χ1n) is 10.1. The molecule has 0 aliphatic carbocycles. The van der Waals surface area contributed by atoms with E-state index < -0.39 is 0 Å². The van der Waals surface area contributed by atoms with Gasteiger partial charge in [0, 0.05) is 19.2 Å². The summed E-state index contributed by atoms with van der Waals surface area (Å²) in [5.41, 5.74) is 3.41. The van der Waals surface area contributed by atoms with Crippen LogP contribution in [0.15, 0.2) is 64.5 Å². The molecule has 0 aliphatic rings. The fourth-order valence-corrected chi connectivity index (χ4v) is 4.17. The summed E-state index contributed by atoms with van der Waals surface area (Å²) >= 11 is 1.38. The van der Waals surface area contributed by atoms with Crippen molar-refractivity contribution in [1.29, 1.82) is 0 Å². The molecular weight excluding hydrogens is 426 g/mol. The first kappa shape index (κ1) is 21.6. The molecule has 0 fully saturated rings. The number of thioether (sulfide) groups is 1. The number of carbonyl (C=O) groups excluding carboxylic acids is 1. The molecule has 4 rings (SSSR count). The number of nitrogens with zero attached hydrogens (tertiary/aromatic N) is 6. The maximum Gasteiger partial charge on any atom is 0.295 e. The lowest BCUT2D eigenvalue weighted by Crippen LogP contribution is -2.23. The number of amides is 1. The van der Waals surface area contributed by atoms with Crippen LogP contribution in [0.1, 0.15) is 17.7 Å². The molecule has 2 heterocycles. The van der Waals surface area contributed by atoms with Gasteiger partial charge in [-0.25, -0.2) is 4.68 Å². The van der Waals surface area contributed by atoms with Gasteiger partial charge in [0.2, 0.25) is 11.1 Å². The van der Waals surface area contributed by atoms with E-state index in [1.165, 1.54) is 16.4 Å². The molecule has 0 aliphatic heterocycles. The zero-order valence-electron chi connectivity index (χ0n) is 18.0. The van der Waals surface area contributed by atoms with Crippen LogP contribution in [-0.2, 0) is 11.8 Å². The Morgan fingerprint density at radius 3 is 2.56 bits per heavy atom. The van der Waals surface area contributed by atoms with Crippen LogP contribution < -0.4 is 10.9 Å². The predicted molar refractivity (Wildman–Crippen MR) is 124 cm³/mol. The van der Waals surface area contributed by atoms with Crippen molar-refractivity contribution in [3.63, 3.8) is 0 Å². The quantitative estimate of drug-likeness (QED) is 0.436. The molecule has 2 aromatic heterocycles. The van der Waals surface area contributed by atoms with Crippen LogP contribution in [0.5, 0.6) is 0 Å². The van der Waals surface area contributed by atoms with Crippen molar-refractivity contribution in [1.82, 2.24) is 29.6 Å². The van der Waals surface area contributed by atoms with E-state index in [0.29, 0.717) is 16.6 Å². The van der Waals surface area contributed by atoms with E-state index in [2.05, 4.69) is 20.8 Å². The van der Waals surface area contributed by atoms with Crippen LogP contribution in [-0.4, -0.2) is 41.2 Å². The van der Waals surface area contributed by atoms with Gasteiger partial charge in [-0.15, -0.1) is 5.10 Å². The van der Waals surface area contributed by atoms with Gasteiger partial charge >= 0.3 is 0 Å². The number of rotatable bonds is 7. The Morgan fingerprint density at radius 2 is 1.81 bits per heavy atom. The molecule has 9 nitrogen and oxygen atoms in total.